The van der Waals surface area contributed by atoms with Crippen molar-refractivity contribution >= 4 is 23.9 Å². The molecule has 7 heteroatoms. The minimum atomic E-state index is -0.929. The summed E-state index contributed by atoms with van der Waals surface area (Å²) < 4.78 is 10.3. The van der Waals surface area contributed by atoms with Gasteiger partial charge in [0.25, 0.3) is 5.91 Å². The van der Waals surface area contributed by atoms with Crippen LogP contribution in [0.1, 0.15) is 47.1 Å². The summed E-state index contributed by atoms with van der Waals surface area (Å²) in [5.74, 6) is -0.638. The van der Waals surface area contributed by atoms with Crippen molar-refractivity contribution in [3.63, 3.8) is 0 Å². The lowest BCUT2D eigenvalue weighted by Gasteiger charge is -2.33. The highest BCUT2D eigenvalue weighted by molar-refractivity contribution is 5.95. The van der Waals surface area contributed by atoms with Crippen LogP contribution in [0.5, 0.6) is 5.75 Å². The van der Waals surface area contributed by atoms with E-state index in [0.717, 1.165) is 11.3 Å². The van der Waals surface area contributed by atoms with E-state index >= 15 is 0 Å². The smallest absolute Gasteiger partial charge is 0.329 e. The first kappa shape index (κ1) is 24.2. The number of carbonyl (C=O) groups is 3. The van der Waals surface area contributed by atoms with E-state index in [2.05, 4.69) is 5.32 Å². The van der Waals surface area contributed by atoms with Gasteiger partial charge in [-0.15, -0.1) is 0 Å². The molecule has 0 fully saturated rings. The predicted molar refractivity (Wildman–Crippen MR) is 112 cm³/mol. The lowest BCUT2D eigenvalue weighted by atomic mass is 10.2. The number of ether oxygens (including phenoxy) is 2. The fourth-order valence-corrected chi connectivity index (χ4v) is 2.85. The third kappa shape index (κ3) is 7.60. The Balaban J connectivity index is 2.60. The van der Waals surface area contributed by atoms with Gasteiger partial charge in [-0.2, -0.15) is 0 Å². The van der Waals surface area contributed by atoms with E-state index in [-0.39, 0.29) is 18.0 Å². The second-order valence-electron chi connectivity index (χ2n) is 7.35. The molecule has 0 unspecified atom stereocenters. The Morgan fingerprint density at radius 3 is 2.00 bits per heavy atom. The van der Waals surface area contributed by atoms with Crippen LogP contribution in [-0.4, -0.2) is 54.0 Å². The minimum Gasteiger partial charge on any atom is -0.497 e. The molecule has 0 spiro atoms. The molecule has 1 aromatic carbocycles. The summed E-state index contributed by atoms with van der Waals surface area (Å²) in [4.78, 5) is 38.5. The molecule has 0 saturated carbocycles. The fourth-order valence-electron chi connectivity index (χ4n) is 2.85. The summed E-state index contributed by atoms with van der Waals surface area (Å²) in [6, 6.07) is 6.28. The zero-order valence-corrected chi connectivity index (χ0v) is 18.3. The number of esters is 1. The average Bonchev–Trinajstić information content (AvgIpc) is 2.65. The van der Waals surface area contributed by atoms with Crippen LogP contribution in [0.2, 0.25) is 0 Å². The van der Waals surface area contributed by atoms with Crippen LogP contribution in [-0.2, 0) is 19.1 Å². The van der Waals surface area contributed by atoms with Gasteiger partial charge >= 0.3 is 5.97 Å². The number of benzene rings is 1. The Kier molecular flexibility index (Phi) is 9.38. The van der Waals surface area contributed by atoms with Gasteiger partial charge in [-0.1, -0.05) is 12.1 Å². The highest BCUT2D eigenvalue weighted by Crippen LogP contribution is 2.12. The lowest BCUT2D eigenvalue weighted by Crippen LogP contribution is -2.49. The highest BCUT2D eigenvalue weighted by atomic mass is 16.5. The van der Waals surface area contributed by atoms with E-state index in [0.29, 0.717) is 0 Å². The molecule has 2 atom stereocenters. The Hall–Kier alpha value is -2.83. The van der Waals surface area contributed by atoms with E-state index in [9.17, 15) is 14.4 Å². The van der Waals surface area contributed by atoms with E-state index < -0.39 is 24.0 Å². The maximum Gasteiger partial charge on any atom is 0.329 e. The summed E-state index contributed by atoms with van der Waals surface area (Å²) in [7, 11) is 1.58. The first-order valence-corrected chi connectivity index (χ1v) is 9.72. The van der Waals surface area contributed by atoms with Gasteiger partial charge in [-0.05, 0) is 65.3 Å². The molecule has 0 aliphatic heterocycles. The third-order valence-electron chi connectivity index (χ3n) is 4.26. The van der Waals surface area contributed by atoms with Gasteiger partial charge < -0.3 is 19.7 Å². The van der Waals surface area contributed by atoms with E-state index in [1.165, 1.54) is 19.9 Å². The SMILES string of the molecule is COc1ccc(/C=C/C(=O)N[C@@H](C)C(=O)O[C@@H](C)C(=O)N(C(C)C)C(C)C)cc1. The number of amides is 2. The number of hydrogen-bond acceptors (Lipinski definition) is 5. The van der Waals surface area contributed by atoms with Crippen molar-refractivity contribution in [2.24, 2.45) is 0 Å². The molecule has 0 aromatic heterocycles. The summed E-state index contributed by atoms with van der Waals surface area (Å²) in [6.45, 7) is 10.7. The maximum absolute atomic E-state index is 12.6. The molecule has 2 amide bonds. The molecule has 0 radical (unpaired) electrons. The lowest BCUT2D eigenvalue weighted by molar-refractivity contribution is -0.162. The fraction of sp³-hybridized carbons (Fsp3) is 0.500. The topological polar surface area (TPSA) is 84.9 Å². The van der Waals surface area contributed by atoms with E-state index in [1.54, 1.807) is 30.2 Å². The van der Waals surface area contributed by atoms with Gasteiger partial charge in [0, 0.05) is 18.2 Å². The molecule has 0 aliphatic rings. The number of rotatable bonds is 9. The molecule has 0 saturated heterocycles. The van der Waals surface area contributed by atoms with Crippen molar-refractivity contribution in [3.8, 4) is 5.75 Å². The van der Waals surface area contributed by atoms with Gasteiger partial charge in [-0.3, -0.25) is 9.59 Å². The number of methoxy groups -OCH3 is 1. The first-order chi connectivity index (χ1) is 13.6. The number of nitrogens with one attached hydrogen (secondary N) is 1. The minimum absolute atomic E-state index is 0.0103. The van der Waals surface area contributed by atoms with Crippen LogP contribution in [0, 0.1) is 0 Å². The highest BCUT2D eigenvalue weighted by Gasteiger charge is 2.29. The molecular formula is C22H32N2O5. The van der Waals surface area contributed by atoms with Crippen molar-refractivity contribution in [2.45, 2.75) is 65.8 Å². The summed E-state index contributed by atoms with van der Waals surface area (Å²) in [5.41, 5.74) is 0.817. The van der Waals surface area contributed by atoms with Crippen LogP contribution in [0.25, 0.3) is 6.08 Å². The van der Waals surface area contributed by atoms with Crippen molar-refractivity contribution in [3.05, 3.63) is 35.9 Å². The van der Waals surface area contributed by atoms with Crippen molar-refractivity contribution in [1.82, 2.24) is 10.2 Å². The van der Waals surface area contributed by atoms with Gasteiger partial charge in [0.05, 0.1) is 7.11 Å². The number of carbonyl (C=O) groups excluding carboxylic acids is 3. The van der Waals surface area contributed by atoms with Crippen LogP contribution in [0.4, 0.5) is 0 Å². The Labute approximate surface area is 173 Å². The summed E-state index contributed by atoms with van der Waals surface area (Å²) in [6.07, 6.45) is 2.03. The van der Waals surface area contributed by atoms with Crippen LogP contribution >= 0.6 is 0 Å². The molecule has 0 bridgehead atoms. The van der Waals surface area contributed by atoms with Crippen LogP contribution < -0.4 is 10.1 Å². The molecule has 1 aromatic rings. The Morgan fingerprint density at radius 1 is 0.966 bits per heavy atom. The first-order valence-electron chi connectivity index (χ1n) is 9.72. The van der Waals surface area contributed by atoms with Gasteiger partial charge in [0.1, 0.15) is 11.8 Å². The second kappa shape index (κ2) is 11.2. The Bertz CT molecular complexity index is 717. The summed E-state index contributed by atoms with van der Waals surface area (Å²) >= 11 is 0. The molecule has 1 rings (SSSR count). The van der Waals surface area contributed by atoms with Crippen LogP contribution in [0.3, 0.4) is 0 Å². The maximum atomic E-state index is 12.6. The van der Waals surface area contributed by atoms with Crippen molar-refractivity contribution < 1.29 is 23.9 Å². The molecule has 0 heterocycles. The van der Waals surface area contributed by atoms with E-state index in [1.807, 2.05) is 39.8 Å². The number of nitrogens with zero attached hydrogens (tertiary/aromatic N) is 1. The summed E-state index contributed by atoms with van der Waals surface area (Å²) in [5, 5.41) is 2.54. The number of hydrogen-bond donors (Lipinski definition) is 1. The molecular weight excluding hydrogens is 372 g/mol. The van der Waals surface area contributed by atoms with Gasteiger partial charge in [0.2, 0.25) is 5.91 Å². The third-order valence-corrected chi connectivity index (χ3v) is 4.26. The molecule has 1 N–H and O–H groups in total. The largest absolute Gasteiger partial charge is 0.497 e. The zero-order valence-electron chi connectivity index (χ0n) is 18.3. The van der Waals surface area contributed by atoms with Crippen molar-refractivity contribution in [2.75, 3.05) is 7.11 Å². The monoisotopic (exact) mass is 404 g/mol. The second-order valence-corrected chi connectivity index (χ2v) is 7.35. The predicted octanol–water partition coefficient (Wildman–Crippen LogP) is 2.79. The normalized spacial score (nSPS) is 13.3. The zero-order chi connectivity index (χ0) is 22.1. The van der Waals surface area contributed by atoms with Crippen molar-refractivity contribution in [1.29, 1.82) is 0 Å². The molecule has 160 valence electrons. The average molecular weight is 405 g/mol. The quantitative estimate of drug-likeness (QED) is 0.505. The van der Waals surface area contributed by atoms with Crippen LogP contribution in [0.15, 0.2) is 30.3 Å². The molecule has 7 nitrogen and oxygen atoms in total. The Morgan fingerprint density at radius 2 is 1.52 bits per heavy atom. The van der Waals surface area contributed by atoms with Gasteiger partial charge in [0.15, 0.2) is 6.10 Å². The van der Waals surface area contributed by atoms with Gasteiger partial charge in [-0.25, -0.2) is 4.79 Å². The molecule has 29 heavy (non-hydrogen) atoms. The van der Waals surface area contributed by atoms with E-state index in [4.69, 9.17) is 9.47 Å². The standard InChI is InChI=1S/C22H32N2O5/c1-14(2)24(15(3)4)21(26)17(6)29-22(27)16(5)23-20(25)13-10-18-8-11-19(28-7)12-9-18/h8-17H,1-7H3,(H,23,25)/b13-10+/t16-,17-/m0/s1. The molecule has 0 aliphatic carbocycles.